The van der Waals surface area contributed by atoms with Gasteiger partial charge < -0.3 is 14.8 Å². The maximum atomic E-state index is 12.1. The lowest BCUT2D eigenvalue weighted by Crippen LogP contribution is -2.29. The van der Waals surface area contributed by atoms with Gasteiger partial charge >= 0.3 is 0 Å². The number of aromatic nitrogens is 3. The number of hydrogen-bond acceptors (Lipinski definition) is 6. The van der Waals surface area contributed by atoms with Crippen LogP contribution in [0.4, 0.5) is 5.95 Å². The van der Waals surface area contributed by atoms with Gasteiger partial charge in [0.1, 0.15) is 6.33 Å². The number of methoxy groups -OCH3 is 1. The fourth-order valence-corrected chi connectivity index (χ4v) is 3.27. The third kappa shape index (κ3) is 4.24. The molecule has 2 heterocycles. The summed E-state index contributed by atoms with van der Waals surface area (Å²) >= 11 is 0. The Labute approximate surface area is 173 Å². The van der Waals surface area contributed by atoms with Gasteiger partial charge in [-0.05, 0) is 23.3 Å². The Morgan fingerprint density at radius 2 is 2.07 bits per heavy atom. The molecule has 2 N–H and O–H groups in total. The van der Waals surface area contributed by atoms with Crippen LogP contribution in [0.1, 0.15) is 23.6 Å². The first-order chi connectivity index (χ1) is 14.6. The van der Waals surface area contributed by atoms with Crippen molar-refractivity contribution in [1.29, 1.82) is 0 Å². The summed E-state index contributed by atoms with van der Waals surface area (Å²) in [5.74, 6) is 0.952. The second-order valence-electron chi connectivity index (χ2n) is 6.76. The first kappa shape index (κ1) is 19.4. The van der Waals surface area contributed by atoms with Gasteiger partial charge in [0.2, 0.25) is 11.9 Å². The van der Waals surface area contributed by atoms with Crippen molar-refractivity contribution in [3.8, 4) is 11.5 Å². The monoisotopic (exact) mass is 407 g/mol. The van der Waals surface area contributed by atoms with E-state index >= 15 is 0 Å². The fourth-order valence-electron chi connectivity index (χ4n) is 3.27. The Morgan fingerprint density at radius 1 is 1.23 bits per heavy atom. The second kappa shape index (κ2) is 8.64. The molecule has 1 atom stereocenters. The Hall–Kier alpha value is -3.88. The molecule has 0 radical (unpaired) electrons. The highest BCUT2D eigenvalue weighted by Crippen LogP contribution is 2.34. The molecule has 2 amide bonds. The molecule has 0 bridgehead atoms. The van der Waals surface area contributed by atoms with E-state index in [0.29, 0.717) is 24.0 Å². The third-order valence-electron chi connectivity index (χ3n) is 4.76. The van der Waals surface area contributed by atoms with E-state index in [9.17, 15) is 9.59 Å². The van der Waals surface area contributed by atoms with E-state index in [-0.39, 0.29) is 30.9 Å². The van der Waals surface area contributed by atoms with E-state index in [1.54, 1.807) is 16.8 Å². The second-order valence-corrected chi connectivity index (χ2v) is 6.76. The molecule has 0 spiro atoms. The summed E-state index contributed by atoms with van der Waals surface area (Å²) < 4.78 is 12.7. The molecule has 0 aliphatic carbocycles. The van der Waals surface area contributed by atoms with Gasteiger partial charge in [-0.1, -0.05) is 36.4 Å². The van der Waals surface area contributed by atoms with Crippen LogP contribution < -0.4 is 20.1 Å². The highest BCUT2D eigenvalue weighted by atomic mass is 16.5. The Kier molecular flexibility index (Phi) is 5.60. The third-order valence-corrected chi connectivity index (χ3v) is 4.76. The van der Waals surface area contributed by atoms with Gasteiger partial charge in [-0.15, -0.1) is 0 Å². The number of ether oxygens (including phenoxy) is 2. The van der Waals surface area contributed by atoms with Crippen LogP contribution in [0.25, 0.3) is 0 Å². The number of carbonyl (C=O) groups is 2. The Bertz CT molecular complexity index is 1050. The molecule has 3 aromatic rings. The van der Waals surface area contributed by atoms with E-state index in [1.807, 2.05) is 36.4 Å². The zero-order chi connectivity index (χ0) is 20.9. The van der Waals surface area contributed by atoms with Crippen LogP contribution in [0, 0.1) is 0 Å². The van der Waals surface area contributed by atoms with Crippen molar-refractivity contribution in [2.24, 2.45) is 0 Å². The van der Waals surface area contributed by atoms with Crippen LogP contribution in [-0.2, 0) is 16.1 Å². The van der Waals surface area contributed by atoms with Gasteiger partial charge in [0.15, 0.2) is 18.1 Å². The number of amides is 2. The predicted octanol–water partition coefficient (Wildman–Crippen LogP) is 1.91. The van der Waals surface area contributed by atoms with Crippen molar-refractivity contribution < 1.29 is 19.1 Å². The number of carbonyl (C=O) groups excluding carboxylic acids is 2. The van der Waals surface area contributed by atoms with E-state index in [1.165, 1.54) is 13.4 Å². The molecule has 0 saturated carbocycles. The molecular weight excluding hydrogens is 386 g/mol. The minimum atomic E-state index is -0.298. The number of benzene rings is 2. The minimum Gasteiger partial charge on any atom is -0.493 e. The predicted molar refractivity (Wildman–Crippen MR) is 108 cm³/mol. The Balaban J connectivity index is 1.42. The number of rotatable bonds is 7. The average Bonchev–Trinajstić information content (AvgIpc) is 3.24. The number of nitrogens with zero attached hydrogens (tertiary/aromatic N) is 3. The van der Waals surface area contributed by atoms with Crippen molar-refractivity contribution in [1.82, 2.24) is 20.1 Å². The highest BCUT2D eigenvalue weighted by Gasteiger charge is 2.28. The lowest BCUT2D eigenvalue weighted by Gasteiger charge is -2.24. The largest absolute Gasteiger partial charge is 0.493 e. The maximum absolute atomic E-state index is 12.1. The highest BCUT2D eigenvalue weighted by molar-refractivity contribution is 5.91. The molecule has 1 aromatic heterocycles. The van der Waals surface area contributed by atoms with E-state index < -0.39 is 0 Å². The number of anilines is 1. The molecule has 1 aliphatic heterocycles. The van der Waals surface area contributed by atoms with Crippen LogP contribution in [0.5, 0.6) is 11.5 Å². The average molecular weight is 407 g/mol. The van der Waals surface area contributed by atoms with Gasteiger partial charge in [-0.2, -0.15) is 10.1 Å². The van der Waals surface area contributed by atoms with Gasteiger partial charge in [-0.3, -0.25) is 14.9 Å². The van der Waals surface area contributed by atoms with Crippen molar-refractivity contribution in [3.05, 3.63) is 66.0 Å². The van der Waals surface area contributed by atoms with Crippen LogP contribution in [-0.4, -0.2) is 40.3 Å². The standard InChI is InChI=1S/C21H21N5O4/c1-29-18-9-15(16-10-19(27)25-21-23-13-24-26(16)21)7-8-17(18)30-12-20(28)22-11-14-5-3-2-4-6-14/h2-9,13,16H,10-12H2,1H3,(H,22,28)(H,23,24,25,27)/t16-/m0/s1. The van der Waals surface area contributed by atoms with Crippen molar-refractivity contribution in [3.63, 3.8) is 0 Å². The smallest absolute Gasteiger partial charge is 0.258 e. The van der Waals surface area contributed by atoms with Gasteiger partial charge in [0.25, 0.3) is 5.91 Å². The molecule has 9 nitrogen and oxygen atoms in total. The zero-order valence-corrected chi connectivity index (χ0v) is 16.4. The van der Waals surface area contributed by atoms with Crippen molar-refractivity contribution in [2.75, 3.05) is 19.0 Å². The lowest BCUT2D eigenvalue weighted by atomic mass is 10.0. The van der Waals surface area contributed by atoms with Crippen LogP contribution in [0.15, 0.2) is 54.9 Å². The fraction of sp³-hybridized carbons (Fsp3) is 0.238. The molecule has 0 fully saturated rings. The topological polar surface area (TPSA) is 107 Å². The van der Waals surface area contributed by atoms with Crippen molar-refractivity contribution in [2.45, 2.75) is 19.0 Å². The Morgan fingerprint density at radius 3 is 2.87 bits per heavy atom. The van der Waals surface area contributed by atoms with E-state index in [0.717, 1.165) is 11.1 Å². The first-order valence-electron chi connectivity index (χ1n) is 9.45. The van der Waals surface area contributed by atoms with Gasteiger partial charge in [0, 0.05) is 6.54 Å². The first-order valence-corrected chi connectivity index (χ1v) is 9.45. The molecule has 154 valence electrons. The molecule has 0 unspecified atom stereocenters. The van der Waals surface area contributed by atoms with Gasteiger partial charge in [0.05, 0.1) is 19.6 Å². The molecule has 30 heavy (non-hydrogen) atoms. The van der Waals surface area contributed by atoms with Crippen LogP contribution >= 0.6 is 0 Å². The molecule has 4 rings (SSSR count). The van der Waals surface area contributed by atoms with Crippen LogP contribution in [0.2, 0.25) is 0 Å². The molecular formula is C21H21N5O4. The number of fused-ring (bicyclic) bond motifs is 1. The maximum Gasteiger partial charge on any atom is 0.258 e. The summed E-state index contributed by atoms with van der Waals surface area (Å²) in [6.07, 6.45) is 1.64. The van der Waals surface area contributed by atoms with Crippen molar-refractivity contribution >= 4 is 17.8 Å². The van der Waals surface area contributed by atoms with Crippen LogP contribution in [0.3, 0.4) is 0 Å². The van der Waals surface area contributed by atoms with E-state index in [2.05, 4.69) is 20.7 Å². The summed E-state index contributed by atoms with van der Waals surface area (Å²) in [6.45, 7) is 0.296. The zero-order valence-electron chi connectivity index (χ0n) is 16.4. The minimum absolute atomic E-state index is 0.130. The molecule has 0 saturated heterocycles. The summed E-state index contributed by atoms with van der Waals surface area (Å²) in [5, 5.41) is 9.70. The summed E-state index contributed by atoms with van der Waals surface area (Å²) in [6, 6.07) is 14.7. The summed E-state index contributed by atoms with van der Waals surface area (Å²) in [4.78, 5) is 28.1. The summed E-state index contributed by atoms with van der Waals surface area (Å²) in [7, 11) is 1.52. The number of nitrogens with one attached hydrogen (secondary N) is 2. The normalized spacial score (nSPS) is 15.1. The van der Waals surface area contributed by atoms with Gasteiger partial charge in [-0.25, -0.2) is 4.68 Å². The lowest BCUT2D eigenvalue weighted by molar-refractivity contribution is -0.123. The quantitative estimate of drug-likeness (QED) is 0.620. The molecule has 2 aromatic carbocycles. The van der Waals surface area contributed by atoms with E-state index in [4.69, 9.17) is 9.47 Å². The summed E-state index contributed by atoms with van der Waals surface area (Å²) in [5.41, 5.74) is 1.84. The molecule has 9 heteroatoms. The molecule has 1 aliphatic rings. The SMILES string of the molecule is COc1cc([C@@H]2CC(=O)Nc3ncnn32)ccc1OCC(=O)NCc1ccccc1. The number of hydrogen-bond donors (Lipinski definition) is 2.